The average Bonchev–Trinajstić information content (AvgIpc) is 2.27. The lowest BCUT2D eigenvalue weighted by molar-refractivity contribution is -0.117. The summed E-state index contributed by atoms with van der Waals surface area (Å²) in [6, 6.07) is 1.19. The van der Waals surface area contributed by atoms with E-state index in [0.717, 1.165) is 0 Å². The fraction of sp³-hybridized carbons (Fsp3) is 0.375. The highest BCUT2D eigenvalue weighted by atomic mass is 35.5. The smallest absolute Gasteiger partial charge is 0.324 e. The average molecular weight is 307 g/mol. The number of anilines is 2. The van der Waals surface area contributed by atoms with E-state index in [9.17, 15) is 17.6 Å². The van der Waals surface area contributed by atoms with Crippen molar-refractivity contribution in [1.29, 1.82) is 0 Å². The predicted octanol–water partition coefficient (Wildman–Crippen LogP) is 2.99. The summed E-state index contributed by atoms with van der Waals surface area (Å²) in [5.41, 5.74) is 2.11. The highest BCUT2D eigenvalue weighted by Gasteiger charge is 2.40. The minimum atomic E-state index is -4.19. The van der Waals surface area contributed by atoms with Crippen LogP contribution in [0.15, 0.2) is 6.07 Å². The summed E-state index contributed by atoms with van der Waals surface area (Å²) in [6.45, 7) is -1.32. The van der Waals surface area contributed by atoms with Gasteiger partial charge in [0.1, 0.15) is 5.82 Å². The zero-order chi connectivity index (χ0) is 13.9. The highest BCUT2D eigenvalue weighted by Crippen LogP contribution is 2.30. The van der Waals surface area contributed by atoms with Crippen LogP contribution in [-0.2, 0) is 0 Å². The van der Waals surface area contributed by atoms with Crippen LogP contribution in [-0.4, -0.2) is 23.9 Å². The normalized spacial score (nSPS) is 11.8. The molecule has 0 saturated carbocycles. The van der Waals surface area contributed by atoms with E-state index < -0.39 is 18.9 Å². The van der Waals surface area contributed by atoms with Crippen molar-refractivity contribution in [3.63, 3.8) is 0 Å². The molecule has 0 unspecified atom stereocenters. The summed E-state index contributed by atoms with van der Waals surface area (Å²) in [5.74, 6) is 0.619. The van der Waals surface area contributed by atoms with Crippen molar-refractivity contribution >= 4 is 34.8 Å². The second kappa shape index (κ2) is 5.77. The second-order valence-corrected chi connectivity index (χ2v) is 4.02. The summed E-state index contributed by atoms with van der Waals surface area (Å²) < 4.78 is 49.2. The zero-order valence-corrected chi connectivity index (χ0v) is 10.2. The molecule has 0 aliphatic rings. The molecular formula is C8H8Cl2F4N4. The van der Waals surface area contributed by atoms with Gasteiger partial charge in [0.05, 0.1) is 16.6 Å². The van der Waals surface area contributed by atoms with Gasteiger partial charge in [0.15, 0.2) is 5.82 Å². The third-order valence-corrected chi connectivity index (χ3v) is 2.45. The molecule has 4 N–H and O–H groups in total. The maximum absolute atomic E-state index is 12.7. The fourth-order valence-electron chi connectivity index (χ4n) is 0.970. The molecule has 4 nitrogen and oxygen atoms in total. The molecule has 0 aliphatic heterocycles. The number of rotatable bonds is 5. The zero-order valence-electron chi connectivity index (χ0n) is 8.65. The molecule has 102 valence electrons. The molecule has 0 amide bonds. The molecule has 0 bridgehead atoms. The van der Waals surface area contributed by atoms with Gasteiger partial charge < -0.3 is 10.7 Å². The van der Waals surface area contributed by atoms with Gasteiger partial charge in [-0.25, -0.2) is 19.6 Å². The van der Waals surface area contributed by atoms with Crippen molar-refractivity contribution < 1.29 is 17.6 Å². The number of nitrogens with two attached hydrogens (primary N) is 1. The van der Waals surface area contributed by atoms with Crippen LogP contribution < -0.4 is 16.6 Å². The van der Waals surface area contributed by atoms with Crippen LogP contribution in [0.5, 0.6) is 0 Å². The molecule has 0 aliphatic carbocycles. The van der Waals surface area contributed by atoms with E-state index in [-0.39, 0.29) is 21.7 Å². The Morgan fingerprint density at radius 2 is 1.83 bits per heavy atom. The molecular weight excluding hydrogens is 299 g/mol. The lowest BCUT2D eigenvalue weighted by Crippen LogP contribution is -2.35. The van der Waals surface area contributed by atoms with Crippen molar-refractivity contribution in [3.8, 4) is 0 Å². The molecule has 18 heavy (non-hydrogen) atoms. The van der Waals surface area contributed by atoms with Gasteiger partial charge >= 0.3 is 12.3 Å². The number of hydrazine groups is 1. The quantitative estimate of drug-likeness (QED) is 0.444. The molecule has 0 radical (unpaired) electrons. The molecule has 1 rings (SSSR count). The van der Waals surface area contributed by atoms with E-state index in [1.165, 1.54) is 6.07 Å². The van der Waals surface area contributed by atoms with Gasteiger partial charge in [0.25, 0.3) is 0 Å². The molecule has 1 aromatic heterocycles. The van der Waals surface area contributed by atoms with Crippen molar-refractivity contribution in [2.45, 2.75) is 12.3 Å². The molecule has 1 heterocycles. The van der Waals surface area contributed by atoms with Crippen molar-refractivity contribution in [2.24, 2.45) is 5.84 Å². The number of pyridine rings is 1. The minimum absolute atomic E-state index is 0.0241. The van der Waals surface area contributed by atoms with E-state index in [0.29, 0.717) is 0 Å². The molecule has 0 saturated heterocycles. The first-order chi connectivity index (χ1) is 8.27. The Morgan fingerprint density at radius 1 is 1.28 bits per heavy atom. The molecule has 0 aromatic carbocycles. The summed E-state index contributed by atoms with van der Waals surface area (Å²) in [4.78, 5) is 3.66. The van der Waals surface area contributed by atoms with Gasteiger partial charge in [0.2, 0.25) is 0 Å². The van der Waals surface area contributed by atoms with Crippen LogP contribution in [0, 0.1) is 0 Å². The van der Waals surface area contributed by atoms with Crippen LogP contribution in [0.2, 0.25) is 10.0 Å². The van der Waals surface area contributed by atoms with Gasteiger partial charge in [-0.1, -0.05) is 23.2 Å². The second-order valence-electron chi connectivity index (χ2n) is 3.21. The topological polar surface area (TPSA) is 63.0 Å². The lowest BCUT2D eigenvalue weighted by Gasteiger charge is -2.17. The first-order valence-corrected chi connectivity index (χ1v) is 5.26. The van der Waals surface area contributed by atoms with E-state index in [1.807, 2.05) is 5.32 Å². The third kappa shape index (κ3) is 3.50. The van der Waals surface area contributed by atoms with Crippen LogP contribution in [0.25, 0.3) is 0 Å². The van der Waals surface area contributed by atoms with Gasteiger partial charge in [-0.2, -0.15) is 8.78 Å². The van der Waals surface area contributed by atoms with Crippen LogP contribution in [0.1, 0.15) is 0 Å². The van der Waals surface area contributed by atoms with Crippen molar-refractivity contribution in [2.75, 3.05) is 17.3 Å². The van der Waals surface area contributed by atoms with Crippen LogP contribution in [0.4, 0.5) is 29.2 Å². The Balaban J connectivity index is 2.85. The van der Waals surface area contributed by atoms with Crippen molar-refractivity contribution in [3.05, 3.63) is 16.1 Å². The largest absolute Gasteiger partial charge is 0.362 e. The minimum Gasteiger partial charge on any atom is -0.362 e. The number of aromatic nitrogens is 1. The number of hydrogen-bond donors (Lipinski definition) is 3. The Labute approximate surface area is 109 Å². The maximum atomic E-state index is 12.7. The number of alkyl halides is 4. The Hall–Kier alpha value is -0.990. The maximum Gasteiger partial charge on any atom is 0.324 e. The molecule has 0 fully saturated rings. The van der Waals surface area contributed by atoms with Crippen LogP contribution >= 0.6 is 23.2 Å². The van der Waals surface area contributed by atoms with E-state index in [1.54, 1.807) is 0 Å². The Kier molecular flexibility index (Phi) is 4.83. The number of halogens is 6. The number of nitrogens with zero attached hydrogens (tertiary/aromatic N) is 1. The molecule has 10 heteroatoms. The SMILES string of the molecule is NNc1nc(NCC(F)(F)C(F)F)c(Cl)cc1Cl. The van der Waals surface area contributed by atoms with Crippen molar-refractivity contribution in [1.82, 2.24) is 4.98 Å². The first kappa shape index (κ1) is 15.1. The fourth-order valence-corrected chi connectivity index (χ4v) is 1.45. The highest BCUT2D eigenvalue weighted by molar-refractivity contribution is 6.37. The molecule has 1 aromatic rings. The summed E-state index contributed by atoms with van der Waals surface area (Å²) in [5, 5.41) is 1.98. The monoisotopic (exact) mass is 306 g/mol. The summed E-state index contributed by atoms with van der Waals surface area (Å²) in [7, 11) is 0. The van der Waals surface area contributed by atoms with Gasteiger partial charge in [-0.3, -0.25) is 0 Å². The first-order valence-electron chi connectivity index (χ1n) is 4.50. The third-order valence-electron chi connectivity index (χ3n) is 1.88. The summed E-state index contributed by atoms with van der Waals surface area (Å²) >= 11 is 11.3. The van der Waals surface area contributed by atoms with E-state index >= 15 is 0 Å². The Bertz CT molecular complexity index is 430. The summed E-state index contributed by atoms with van der Waals surface area (Å²) in [6.07, 6.45) is -3.79. The molecule has 0 atom stereocenters. The number of nitrogens with one attached hydrogen (secondary N) is 2. The number of nitrogen functional groups attached to an aromatic ring is 1. The van der Waals surface area contributed by atoms with E-state index in [2.05, 4.69) is 10.4 Å². The molecule has 0 spiro atoms. The lowest BCUT2D eigenvalue weighted by atomic mass is 10.3. The van der Waals surface area contributed by atoms with E-state index in [4.69, 9.17) is 29.0 Å². The van der Waals surface area contributed by atoms with Gasteiger partial charge in [-0.05, 0) is 6.07 Å². The van der Waals surface area contributed by atoms with Gasteiger partial charge in [-0.15, -0.1) is 0 Å². The van der Waals surface area contributed by atoms with Crippen LogP contribution in [0.3, 0.4) is 0 Å². The standard InChI is InChI=1S/C8H8Cl2F4N4/c9-3-1-4(10)6(18-15)17-5(3)16-2-8(13,14)7(11)12/h1,7H,2,15H2,(H2,16,17,18). The Morgan fingerprint density at radius 3 is 2.33 bits per heavy atom. The number of hydrogen-bond acceptors (Lipinski definition) is 4. The van der Waals surface area contributed by atoms with Gasteiger partial charge in [0, 0.05) is 0 Å². The predicted molar refractivity (Wildman–Crippen MR) is 61.5 cm³/mol.